The zero-order valence-electron chi connectivity index (χ0n) is 12.9. The van der Waals surface area contributed by atoms with Crippen molar-refractivity contribution < 1.29 is 13.5 Å². The van der Waals surface area contributed by atoms with Crippen LogP contribution in [0.25, 0.3) is 0 Å². The molecule has 0 bridgehead atoms. The number of fused-ring (bicyclic) bond motifs is 1. The lowest BCUT2D eigenvalue weighted by atomic mass is 9.71. The maximum Gasteiger partial charge on any atom is 0.438 e. The highest BCUT2D eigenvalue weighted by Crippen LogP contribution is 2.07. The topological polar surface area (TPSA) is 14.8 Å². The lowest BCUT2D eigenvalue weighted by Gasteiger charge is -2.21. The summed E-state index contributed by atoms with van der Waals surface area (Å²) in [4.78, 5) is 0. The summed E-state index contributed by atoms with van der Waals surface area (Å²) in [6.07, 6.45) is 0. The van der Waals surface area contributed by atoms with E-state index in [2.05, 4.69) is 59.9 Å². The summed E-state index contributed by atoms with van der Waals surface area (Å²) in [7, 11) is 4.02. The fourth-order valence-corrected chi connectivity index (χ4v) is 4.24. The summed E-state index contributed by atoms with van der Waals surface area (Å²) in [6.45, 7) is 9.16. The van der Waals surface area contributed by atoms with Crippen LogP contribution in [0, 0.1) is 13.8 Å². The molecule has 0 aliphatic carbocycles. The maximum absolute atomic E-state index is 2.70. The molecule has 2 aliphatic heterocycles. The second-order valence-electron chi connectivity index (χ2n) is 6.32. The minimum Gasteiger partial charge on any atom is -0.408 e. The fourth-order valence-electron chi connectivity index (χ4n) is 4.24. The van der Waals surface area contributed by atoms with Crippen LogP contribution in [0.2, 0.25) is 0 Å². The predicted octanol–water partition coefficient (Wildman–Crippen LogP) is -2.54. The lowest BCUT2D eigenvalue weighted by molar-refractivity contribution is -0.605. The summed E-state index contributed by atoms with van der Waals surface area (Å²) in [5.41, 5.74) is 7.66. The number of hydrogen-bond acceptors (Lipinski definition) is 0. The Morgan fingerprint density at radius 2 is 1.89 bits per heavy atom. The van der Waals surface area contributed by atoms with E-state index in [1.807, 2.05) is 0 Å². The molecule has 1 unspecified atom stereocenters. The van der Waals surface area contributed by atoms with Crippen LogP contribution in [0.5, 0.6) is 0 Å². The van der Waals surface area contributed by atoms with Crippen molar-refractivity contribution in [2.45, 2.75) is 33.7 Å². The first kappa shape index (κ1) is 11.8. The normalized spacial score (nSPS) is 22.7. The van der Waals surface area contributed by atoms with Crippen LogP contribution in [0.3, 0.4) is 0 Å². The van der Waals surface area contributed by atoms with E-state index >= 15 is 0 Å². The minimum absolute atomic E-state index is 0.209. The van der Waals surface area contributed by atoms with Crippen LogP contribution in [-0.2, 0) is 7.05 Å². The van der Waals surface area contributed by atoms with E-state index in [1.165, 1.54) is 17.1 Å². The molecular formula is C12H23B2N4+. The van der Waals surface area contributed by atoms with E-state index in [0.29, 0.717) is 6.04 Å². The summed E-state index contributed by atoms with van der Waals surface area (Å²) in [6, 6.07) is 0.606. The van der Waals surface area contributed by atoms with Gasteiger partial charge in [0.05, 0.1) is 12.7 Å². The Morgan fingerprint density at radius 1 is 1.22 bits per heavy atom. The molecule has 0 amide bonds. The average Bonchev–Trinajstić information content (AvgIpc) is 2.71. The molecule has 1 atom stereocenters. The third kappa shape index (κ3) is 1.26. The predicted molar refractivity (Wildman–Crippen MR) is 78.8 cm³/mol. The molecule has 0 aromatic carbocycles. The highest BCUT2D eigenvalue weighted by atomic mass is 15.3. The van der Waals surface area contributed by atoms with Crippen molar-refractivity contribution in [1.29, 1.82) is 0 Å². The van der Waals surface area contributed by atoms with Gasteiger partial charge in [-0.15, -0.1) is 0 Å². The molecule has 3 heterocycles. The quantitative estimate of drug-likeness (QED) is 0.353. The molecule has 96 valence electrons. The van der Waals surface area contributed by atoms with Crippen molar-refractivity contribution in [2.24, 2.45) is 7.05 Å². The molecule has 1 aromatic heterocycles. The van der Waals surface area contributed by atoms with Crippen molar-refractivity contribution in [2.75, 3.05) is 7.05 Å². The smallest absolute Gasteiger partial charge is 0.408 e. The summed E-state index contributed by atoms with van der Waals surface area (Å²) in [5.74, 6) is 0. The molecule has 3 rings (SSSR count). The van der Waals surface area contributed by atoms with Crippen LogP contribution in [-0.4, -0.2) is 53.0 Å². The molecule has 0 saturated carbocycles. The van der Waals surface area contributed by atoms with E-state index < -0.39 is 0 Å². The largest absolute Gasteiger partial charge is 0.438 e. The van der Waals surface area contributed by atoms with Crippen molar-refractivity contribution in [1.82, 2.24) is 4.57 Å². The second kappa shape index (κ2) is 3.59. The molecule has 1 aromatic rings. The molecule has 4 nitrogen and oxygen atoms in total. The van der Waals surface area contributed by atoms with Gasteiger partial charge in [-0.2, -0.15) is 4.58 Å². The maximum atomic E-state index is 2.70. The zero-order valence-corrected chi connectivity index (χ0v) is 12.9. The van der Waals surface area contributed by atoms with Gasteiger partial charge in [0.25, 0.3) is 7.28 Å². The van der Waals surface area contributed by atoms with Gasteiger partial charge < -0.3 is 8.96 Å². The van der Waals surface area contributed by atoms with Crippen molar-refractivity contribution in [3.05, 3.63) is 11.4 Å². The number of hydrogen-bond donors (Lipinski definition) is 0. The van der Waals surface area contributed by atoms with Gasteiger partial charge in [0.15, 0.2) is 11.8 Å². The van der Waals surface area contributed by atoms with Crippen molar-refractivity contribution in [3.8, 4) is 0 Å². The Kier molecular flexibility index (Phi) is 2.34. The number of aromatic nitrogens is 2. The van der Waals surface area contributed by atoms with Crippen LogP contribution < -0.4 is 10.2 Å². The monoisotopic (exact) mass is 245 g/mol. The Labute approximate surface area is 110 Å². The standard InChI is InChI=1S/C12H23B2N4/c1-7-9(3)17-11(15(7)5)13-12-16(6)8(2)10(4)18(12)14-17/h9H,13-14H2,1-6H3/q+1. The van der Waals surface area contributed by atoms with Crippen LogP contribution in [0.4, 0.5) is 0 Å². The van der Waals surface area contributed by atoms with E-state index in [0.717, 1.165) is 0 Å². The summed E-state index contributed by atoms with van der Waals surface area (Å²) >= 11 is 0. The van der Waals surface area contributed by atoms with Crippen LogP contribution in [0.1, 0.15) is 25.2 Å². The Bertz CT molecular complexity index is 625. The van der Waals surface area contributed by atoms with Gasteiger partial charge in [0.1, 0.15) is 12.7 Å². The first-order valence-electron chi connectivity index (χ1n) is 7.23. The average molecular weight is 245 g/mol. The van der Waals surface area contributed by atoms with E-state index in [-0.39, 0.29) is 14.8 Å². The molecule has 0 radical (unpaired) electrons. The summed E-state index contributed by atoms with van der Waals surface area (Å²) < 4.78 is 10.2. The molecular weight excluding hydrogens is 222 g/mol. The SMILES string of the molecule is CC1=[N+](C)C2=[N+]([BH2-][n+]3c(C)c(C)n(C)c3[BH2-]2)C1C. The molecule has 0 saturated heterocycles. The van der Waals surface area contributed by atoms with Gasteiger partial charge in [0, 0.05) is 26.5 Å². The zero-order chi connectivity index (χ0) is 13.2. The van der Waals surface area contributed by atoms with E-state index in [9.17, 15) is 0 Å². The molecule has 0 fully saturated rings. The Morgan fingerprint density at radius 3 is 2.56 bits per heavy atom. The number of nitrogens with zero attached hydrogens (tertiary/aromatic N) is 4. The second-order valence-corrected chi connectivity index (χ2v) is 6.32. The molecule has 2 aliphatic rings. The molecule has 0 spiro atoms. The number of rotatable bonds is 0. The van der Waals surface area contributed by atoms with E-state index in [4.69, 9.17) is 0 Å². The Hall–Kier alpha value is -1.32. The van der Waals surface area contributed by atoms with Gasteiger partial charge in [0.2, 0.25) is 5.71 Å². The summed E-state index contributed by atoms with van der Waals surface area (Å²) in [5, 5.41) is 0. The van der Waals surface area contributed by atoms with Crippen LogP contribution >= 0.6 is 0 Å². The number of amidine groups is 1. The van der Waals surface area contributed by atoms with Gasteiger partial charge in [-0.25, -0.2) is 0 Å². The number of imidazole rings is 1. The highest BCUT2D eigenvalue weighted by Gasteiger charge is 2.39. The van der Waals surface area contributed by atoms with E-state index in [1.54, 1.807) is 11.5 Å². The van der Waals surface area contributed by atoms with Crippen molar-refractivity contribution >= 4 is 32.0 Å². The fraction of sp³-hybridized carbons (Fsp3) is 0.583. The Balaban J connectivity index is 2.14. The first-order valence-corrected chi connectivity index (χ1v) is 7.23. The highest BCUT2D eigenvalue weighted by molar-refractivity contribution is 6.82. The van der Waals surface area contributed by atoms with Gasteiger partial charge in [-0.3, -0.25) is 4.57 Å². The molecule has 0 N–H and O–H groups in total. The van der Waals surface area contributed by atoms with Gasteiger partial charge in [-0.05, 0) is 6.92 Å². The first-order chi connectivity index (χ1) is 8.43. The van der Waals surface area contributed by atoms with Gasteiger partial charge in [-0.1, -0.05) is 0 Å². The van der Waals surface area contributed by atoms with Gasteiger partial charge >= 0.3 is 7.55 Å². The molecule has 6 heteroatoms. The lowest BCUT2D eigenvalue weighted by Crippen LogP contribution is -2.68. The van der Waals surface area contributed by atoms with Crippen molar-refractivity contribution in [3.63, 3.8) is 0 Å². The van der Waals surface area contributed by atoms with Crippen LogP contribution in [0.15, 0.2) is 0 Å². The third-order valence-corrected chi connectivity index (χ3v) is 6.07. The molecule has 18 heavy (non-hydrogen) atoms. The third-order valence-electron chi connectivity index (χ3n) is 6.07. The minimum atomic E-state index is -0.253.